The molecule has 1 spiro atoms. The summed E-state index contributed by atoms with van der Waals surface area (Å²) in [5.74, 6) is 0. The highest BCUT2D eigenvalue weighted by Gasteiger charge is 2.60. The first-order valence-electron chi connectivity index (χ1n) is 26.7. The molecule has 358 valence electrons. The molecule has 0 N–H and O–H groups in total. The maximum Gasteiger partial charge on any atom is 0.0688 e. The van der Waals surface area contributed by atoms with E-state index in [1.165, 1.54) is 117 Å². The molecule has 0 heterocycles. The smallest absolute Gasteiger partial charge is 0.0688 e. The predicted molar refractivity (Wildman–Crippen MR) is 305 cm³/mol. The van der Waals surface area contributed by atoms with E-state index in [4.69, 9.17) is 0 Å². The second-order valence-corrected chi connectivity index (χ2v) is 25.7. The van der Waals surface area contributed by atoms with Crippen LogP contribution in [-0.2, 0) is 37.9 Å². The molecule has 7 aromatic carbocycles. The van der Waals surface area contributed by atoms with Crippen LogP contribution in [0.4, 0.5) is 17.1 Å². The monoisotopic (exact) mass is 936 g/mol. The lowest BCUT2D eigenvalue weighted by Crippen LogP contribution is -2.32. The number of hydrogen-bond acceptors (Lipinski definition) is 1. The second kappa shape index (κ2) is 14.7. The first kappa shape index (κ1) is 45.2. The molecule has 1 heteroatoms. The molecule has 0 saturated carbocycles. The highest BCUT2D eigenvalue weighted by molar-refractivity contribution is 5.95. The van der Waals surface area contributed by atoms with E-state index in [0.29, 0.717) is 0 Å². The maximum absolute atomic E-state index is 2.66. The quantitative estimate of drug-likeness (QED) is 0.170. The number of anilines is 3. The van der Waals surface area contributed by atoms with Gasteiger partial charge in [-0.05, 0) is 160 Å². The summed E-state index contributed by atoms with van der Waals surface area (Å²) in [6, 6.07) is 55.4. The Morgan fingerprint density at radius 1 is 0.403 bits per heavy atom. The summed E-state index contributed by atoms with van der Waals surface area (Å²) in [6.07, 6.45) is 16.3. The second-order valence-electron chi connectivity index (χ2n) is 25.7. The summed E-state index contributed by atoms with van der Waals surface area (Å²) in [5.41, 5.74) is 27.7. The summed E-state index contributed by atoms with van der Waals surface area (Å²) in [5, 5.41) is 0. The number of allylic oxidation sites excluding steroid dienone is 8. The molecule has 0 bridgehead atoms. The van der Waals surface area contributed by atoms with Gasteiger partial charge in [-0.1, -0.05) is 223 Å². The van der Waals surface area contributed by atoms with Gasteiger partial charge in [-0.15, -0.1) is 0 Å². The van der Waals surface area contributed by atoms with Crippen LogP contribution < -0.4 is 4.90 Å². The Balaban J connectivity index is 1.06. The number of benzene rings is 7. The van der Waals surface area contributed by atoms with Crippen LogP contribution in [0, 0.1) is 0 Å². The van der Waals surface area contributed by atoms with Crippen LogP contribution in [0.25, 0.3) is 33.4 Å². The third kappa shape index (κ3) is 5.89. The Morgan fingerprint density at radius 2 is 0.958 bits per heavy atom. The van der Waals surface area contributed by atoms with Crippen molar-refractivity contribution in [3.8, 4) is 33.4 Å². The molecule has 0 amide bonds. The van der Waals surface area contributed by atoms with Gasteiger partial charge < -0.3 is 4.90 Å². The minimum atomic E-state index is -0.476. The van der Waals surface area contributed by atoms with Crippen molar-refractivity contribution in [1.82, 2.24) is 0 Å². The van der Waals surface area contributed by atoms with Gasteiger partial charge in [-0.25, -0.2) is 0 Å². The van der Waals surface area contributed by atoms with Gasteiger partial charge in [0, 0.05) is 33.0 Å². The third-order valence-corrected chi connectivity index (χ3v) is 18.8. The zero-order chi connectivity index (χ0) is 50.1. The fraction of sp³-hybridized carbons (Fsp3) is 0.296. The molecule has 0 radical (unpaired) electrons. The average molecular weight is 936 g/mol. The molecule has 0 aromatic heterocycles. The summed E-state index contributed by atoms with van der Waals surface area (Å²) in [6.45, 7) is 28.8. The van der Waals surface area contributed by atoms with Gasteiger partial charge in [-0.3, -0.25) is 0 Å². The van der Waals surface area contributed by atoms with E-state index in [-0.39, 0.29) is 32.5 Å². The highest BCUT2D eigenvalue weighted by Crippen LogP contribution is 2.69. The fourth-order valence-electron chi connectivity index (χ4n) is 15.0. The van der Waals surface area contributed by atoms with E-state index >= 15 is 0 Å². The molecule has 6 aliphatic rings. The number of rotatable bonds is 4. The van der Waals surface area contributed by atoms with Gasteiger partial charge in [0.2, 0.25) is 0 Å². The molecular weight excluding hydrogens is 867 g/mol. The SMILES string of the molecule is CC(C)(C)c1cc(-c2ccc3c(c2)-c2ccccc2C32C3=CC=CCC3(C)c3c(N(c4ccc5c(c4)C(C)(C)C4=CC=CCC45C)c4ccc5c(c4)C(C)(C)c4ccccc4-5)cccc32)cc(C(C)(C)C)c1. The van der Waals surface area contributed by atoms with Gasteiger partial charge in [0.1, 0.15) is 0 Å². The van der Waals surface area contributed by atoms with E-state index < -0.39 is 5.41 Å². The van der Waals surface area contributed by atoms with Crippen LogP contribution in [0.5, 0.6) is 0 Å². The first-order chi connectivity index (χ1) is 34.2. The fourth-order valence-corrected chi connectivity index (χ4v) is 15.0. The van der Waals surface area contributed by atoms with Gasteiger partial charge in [0.25, 0.3) is 0 Å². The molecular formula is C71H69N. The van der Waals surface area contributed by atoms with Crippen molar-refractivity contribution in [2.24, 2.45) is 0 Å². The molecule has 7 aromatic rings. The lowest BCUT2D eigenvalue weighted by molar-refractivity contribution is 0.511. The highest BCUT2D eigenvalue weighted by atomic mass is 15.1. The van der Waals surface area contributed by atoms with E-state index in [0.717, 1.165) is 12.8 Å². The van der Waals surface area contributed by atoms with Gasteiger partial charge >= 0.3 is 0 Å². The van der Waals surface area contributed by atoms with E-state index in [9.17, 15) is 0 Å². The molecule has 72 heavy (non-hydrogen) atoms. The van der Waals surface area contributed by atoms with Crippen LogP contribution in [0.1, 0.15) is 152 Å². The zero-order valence-electron chi connectivity index (χ0n) is 44.6. The predicted octanol–water partition coefficient (Wildman–Crippen LogP) is 18.6. The molecule has 1 nitrogen and oxygen atoms in total. The van der Waals surface area contributed by atoms with Crippen LogP contribution in [0.3, 0.4) is 0 Å². The summed E-state index contributed by atoms with van der Waals surface area (Å²) < 4.78 is 0. The lowest BCUT2D eigenvalue weighted by atomic mass is 9.65. The average Bonchev–Trinajstić information content (AvgIpc) is 3.94. The van der Waals surface area contributed by atoms with Crippen molar-refractivity contribution < 1.29 is 0 Å². The van der Waals surface area contributed by atoms with E-state index in [1.807, 2.05) is 0 Å². The topological polar surface area (TPSA) is 3.24 Å². The molecule has 6 aliphatic carbocycles. The maximum atomic E-state index is 2.66. The number of hydrogen-bond donors (Lipinski definition) is 0. The summed E-state index contributed by atoms with van der Waals surface area (Å²) >= 11 is 0. The number of nitrogens with zero attached hydrogens (tertiary/aromatic N) is 1. The van der Waals surface area contributed by atoms with E-state index in [1.54, 1.807) is 0 Å². The minimum absolute atomic E-state index is 0.0182. The van der Waals surface area contributed by atoms with Crippen molar-refractivity contribution in [2.45, 2.75) is 134 Å². The van der Waals surface area contributed by atoms with Crippen LogP contribution in [0.2, 0.25) is 0 Å². The van der Waals surface area contributed by atoms with Crippen molar-refractivity contribution in [1.29, 1.82) is 0 Å². The van der Waals surface area contributed by atoms with Crippen molar-refractivity contribution in [3.05, 3.63) is 243 Å². The van der Waals surface area contributed by atoms with Crippen molar-refractivity contribution in [2.75, 3.05) is 4.90 Å². The Bertz CT molecular complexity index is 3610. The van der Waals surface area contributed by atoms with Crippen LogP contribution >= 0.6 is 0 Å². The standard InChI is InChI=1S/C71H69N/c1-65(2,3)46-38-45(39-47(41-46)66(4,5)6)44-30-34-56-53(40-44)51-23-14-16-25-55(51)71(56)58-26-21-27-61(64(58)70(12)37-20-18-29-63(70)71)72(48-31-33-52-50-22-13-15-24-54(50)67(7,8)59(52)42-48)49-32-35-57-60(43-49)68(9,10)62-28-17-19-36-69(57,62)11/h13-35,38-43H,36-37H2,1-12H3. The normalized spacial score (nSPS) is 23.1. The Kier molecular flexibility index (Phi) is 9.24. The lowest BCUT2D eigenvalue weighted by Gasteiger charge is -2.38. The van der Waals surface area contributed by atoms with Crippen molar-refractivity contribution in [3.63, 3.8) is 0 Å². The Hall–Kier alpha value is -6.70. The summed E-state index contributed by atoms with van der Waals surface area (Å²) in [4.78, 5) is 2.66. The van der Waals surface area contributed by atoms with Gasteiger partial charge in [0.05, 0.1) is 11.1 Å². The largest absolute Gasteiger partial charge is 0.310 e. The van der Waals surface area contributed by atoms with E-state index in [2.05, 4.69) is 264 Å². The summed E-state index contributed by atoms with van der Waals surface area (Å²) in [7, 11) is 0. The molecule has 3 atom stereocenters. The molecule has 0 fully saturated rings. The molecule has 13 rings (SSSR count). The first-order valence-corrected chi connectivity index (χ1v) is 26.7. The third-order valence-electron chi connectivity index (χ3n) is 18.8. The van der Waals surface area contributed by atoms with Gasteiger partial charge in [0.15, 0.2) is 0 Å². The molecule has 0 aliphatic heterocycles. The molecule has 0 saturated heterocycles. The van der Waals surface area contributed by atoms with Crippen LogP contribution in [0.15, 0.2) is 187 Å². The number of fused-ring (bicyclic) bond motifs is 16. The minimum Gasteiger partial charge on any atom is -0.310 e. The Morgan fingerprint density at radius 3 is 1.65 bits per heavy atom. The Labute approximate surface area is 429 Å². The molecule has 3 unspecified atom stereocenters. The van der Waals surface area contributed by atoms with Crippen molar-refractivity contribution >= 4 is 17.1 Å². The van der Waals surface area contributed by atoms with Gasteiger partial charge in [-0.2, -0.15) is 0 Å². The van der Waals surface area contributed by atoms with Crippen LogP contribution in [-0.4, -0.2) is 0 Å². The zero-order valence-corrected chi connectivity index (χ0v) is 44.6.